The van der Waals surface area contributed by atoms with E-state index in [9.17, 15) is 26.4 Å². The van der Waals surface area contributed by atoms with Gasteiger partial charge in [0, 0.05) is 11.9 Å². The van der Waals surface area contributed by atoms with Gasteiger partial charge >= 0.3 is 6.18 Å². The molecule has 0 aliphatic rings. The lowest BCUT2D eigenvalue weighted by Crippen LogP contribution is -2.24. The summed E-state index contributed by atoms with van der Waals surface area (Å²) in [4.78, 5) is 11.4. The molecule has 1 amide bonds. The molecule has 0 heterocycles. The average molecular weight is 414 g/mol. The lowest BCUT2D eigenvalue weighted by Gasteiger charge is -2.17. The van der Waals surface area contributed by atoms with Crippen molar-refractivity contribution in [2.75, 3.05) is 23.4 Å². The fraction of sp³-hybridized carbons (Fsp3) is 0.316. The molecule has 152 valence electrons. The molecule has 0 unspecified atom stereocenters. The van der Waals surface area contributed by atoms with Crippen LogP contribution in [0.25, 0.3) is 0 Å². The van der Waals surface area contributed by atoms with Crippen LogP contribution < -0.4 is 10.6 Å². The standard InChI is InChI=1S/C19H21F3N2O3S/c1-12(2)13-7-4-5-9-15(13)24-17(25)11-23-16-10-6-8-14(19(20,21)22)18(16)28(3,26)27/h4-10,12,23H,11H2,1-3H3,(H,24,25). The van der Waals surface area contributed by atoms with Crippen LogP contribution in [0.2, 0.25) is 0 Å². The van der Waals surface area contributed by atoms with Crippen LogP contribution >= 0.6 is 0 Å². The molecule has 0 spiro atoms. The van der Waals surface area contributed by atoms with E-state index in [1.54, 1.807) is 12.1 Å². The first-order valence-corrected chi connectivity index (χ1v) is 10.3. The van der Waals surface area contributed by atoms with Gasteiger partial charge in [-0.05, 0) is 29.7 Å². The normalized spacial score (nSPS) is 12.1. The molecule has 2 aromatic rings. The third-order valence-electron chi connectivity index (χ3n) is 3.99. The quantitative estimate of drug-likeness (QED) is 0.740. The Bertz CT molecular complexity index is 971. The van der Waals surface area contributed by atoms with Crippen LogP contribution in [0.1, 0.15) is 30.9 Å². The number of nitrogens with one attached hydrogen (secondary N) is 2. The van der Waals surface area contributed by atoms with Crippen molar-refractivity contribution in [3.8, 4) is 0 Å². The first-order chi connectivity index (χ1) is 12.9. The molecule has 0 radical (unpaired) electrons. The number of carbonyl (C=O) groups is 1. The first kappa shape index (κ1) is 21.7. The highest BCUT2D eigenvalue weighted by Gasteiger charge is 2.37. The lowest BCUT2D eigenvalue weighted by atomic mass is 10.0. The minimum absolute atomic E-state index is 0.157. The Hall–Kier alpha value is -2.55. The van der Waals surface area contributed by atoms with Crippen LogP contribution in [0, 0.1) is 0 Å². The largest absolute Gasteiger partial charge is 0.417 e. The zero-order valence-electron chi connectivity index (χ0n) is 15.6. The summed E-state index contributed by atoms with van der Waals surface area (Å²) < 4.78 is 63.5. The van der Waals surface area contributed by atoms with Crippen LogP contribution in [0.4, 0.5) is 24.5 Å². The summed E-state index contributed by atoms with van der Waals surface area (Å²) in [7, 11) is -4.19. The summed E-state index contributed by atoms with van der Waals surface area (Å²) in [6.45, 7) is 3.53. The number of sulfone groups is 1. The topological polar surface area (TPSA) is 75.3 Å². The maximum Gasteiger partial charge on any atom is 0.417 e. The molecule has 0 bridgehead atoms. The minimum Gasteiger partial charge on any atom is -0.375 e. The van der Waals surface area contributed by atoms with E-state index in [2.05, 4.69) is 10.6 Å². The van der Waals surface area contributed by atoms with Crippen molar-refractivity contribution in [1.29, 1.82) is 0 Å². The van der Waals surface area contributed by atoms with E-state index in [1.807, 2.05) is 26.0 Å². The second-order valence-corrected chi connectivity index (χ2v) is 8.55. The second-order valence-electron chi connectivity index (χ2n) is 6.60. The van der Waals surface area contributed by atoms with Crippen molar-refractivity contribution in [1.82, 2.24) is 0 Å². The number of benzene rings is 2. The number of hydrogen-bond donors (Lipinski definition) is 2. The van der Waals surface area contributed by atoms with Crippen molar-refractivity contribution >= 4 is 27.1 Å². The van der Waals surface area contributed by atoms with E-state index in [-0.39, 0.29) is 11.6 Å². The highest BCUT2D eigenvalue weighted by Crippen LogP contribution is 2.37. The second kappa shape index (κ2) is 8.22. The maximum absolute atomic E-state index is 13.2. The molecule has 0 saturated heterocycles. The van der Waals surface area contributed by atoms with E-state index < -0.39 is 38.9 Å². The number of para-hydroxylation sites is 1. The molecule has 2 rings (SSSR count). The number of hydrogen-bond acceptors (Lipinski definition) is 4. The van der Waals surface area contributed by atoms with Crippen molar-refractivity contribution < 1.29 is 26.4 Å². The summed E-state index contributed by atoms with van der Waals surface area (Å²) in [5.41, 5.74) is -0.0430. The number of amides is 1. The fourth-order valence-electron chi connectivity index (χ4n) is 2.78. The molecule has 0 aromatic heterocycles. The molecule has 0 aliphatic heterocycles. The molecule has 28 heavy (non-hydrogen) atoms. The predicted molar refractivity (Wildman–Crippen MR) is 102 cm³/mol. The van der Waals surface area contributed by atoms with Gasteiger partial charge in [-0.1, -0.05) is 38.1 Å². The van der Waals surface area contributed by atoms with Crippen LogP contribution in [0.15, 0.2) is 47.4 Å². The molecule has 2 aromatic carbocycles. The molecule has 0 saturated carbocycles. The smallest absolute Gasteiger partial charge is 0.375 e. The summed E-state index contributed by atoms with van der Waals surface area (Å²) in [6, 6.07) is 10.2. The molecule has 0 aliphatic carbocycles. The summed E-state index contributed by atoms with van der Waals surface area (Å²) in [5, 5.41) is 5.20. The fourth-order valence-corrected chi connectivity index (χ4v) is 3.91. The summed E-state index contributed by atoms with van der Waals surface area (Å²) in [5.74, 6) is -0.352. The average Bonchev–Trinajstić information content (AvgIpc) is 2.58. The zero-order chi connectivity index (χ0) is 21.1. The minimum atomic E-state index is -4.84. The lowest BCUT2D eigenvalue weighted by molar-refractivity contribution is -0.139. The van der Waals surface area contributed by atoms with Gasteiger partial charge in [0.15, 0.2) is 9.84 Å². The van der Waals surface area contributed by atoms with Gasteiger partial charge in [-0.25, -0.2) is 8.42 Å². The third kappa shape index (κ3) is 5.25. The van der Waals surface area contributed by atoms with Crippen molar-refractivity contribution in [3.63, 3.8) is 0 Å². The Balaban J connectivity index is 2.25. The highest BCUT2D eigenvalue weighted by molar-refractivity contribution is 7.91. The number of alkyl halides is 3. The van der Waals surface area contributed by atoms with Crippen LogP contribution in [-0.2, 0) is 20.8 Å². The Morgan fingerprint density at radius 3 is 2.21 bits per heavy atom. The van der Waals surface area contributed by atoms with E-state index >= 15 is 0 Å². The van der Waals surface area contributed by atoms with Gasteiger partial charge < -0.3 is 10.6 Å². The van der Waals surface area contributed by atoms with Gasteiger partial charge in [-0.3, -0.25) is 4.79 Å². The number of rotatable bonds is 6. The van der Waals surface area contributed by atoms with E-state index in [0.29, 0.717) is 18.0 Å². The highest BCUT2D eigenvalue weighted by atomic mass is 32.2. The van der Waals surface area contributed by atoms with Gasteiger partial charge in [0.2, 0.25) is 5.91 Å². The Morgan fingerprint density at radius 2 is 1.64 bits per heavy atom. The molecule has 2 N–H and O–H groups in total. The molecular formula is C19H21F3N2O3S. The SMILES string of the molecule is CC(C)c1ccccc1NC(=O)CNc1cccc(C(F)(F)F)c1S(C)(=O)=O. The molecule has 5 nitrogen and oxygen atoms in total. The van der Waals surface area contributed by atoms with Crippen molar-refractivity contribution in [2.45, 2.75) is 30.8 Å². The number of halogens is 3. The van der Waals surface area contributed by atoms with Crippen LogP contribution in [0.3, 0.4) is 0 Å². The summed E-state index contributed by atoms with van der Waals surface area (Å²) >= 11 is 0. The molecule has 0 atom stereocenters. The molecule has 0 fully saturated rings. The van der Waals surface area contributed by atoms with Gasteiger partial charge in [-0.15, -0.1) is 0 Å². The molecule has 9 heteroatoms. The Labute approximate surface area is 161 Å². The van der Waals surface area contributed by atoms with Gasteiger partial charge in [-0.2, -0.15) is 13.2 Å². The van der Waals surface area contributed by atoms with E-state index in [1.165, 1.54) is 6.07 Å². The third-order valence-corrected chi connectivity index (χ3v) is 5.17. The number of carbonyl (C=O) groups excluding carboxylic acids is 1. The van der Waals surface area contributed by atoms with Crippen molar-refractivity contribution in [3.05, 3.63) is 53.6 Å². The molecular weight excluding hydrogens is 393 g/mol. The Morgan fingerprint density at radius 1 is 1.04 bits per heavy atom. The summed E-state index contributed by atoms with van der Waals surface area (Å²) in [6.07, 6.45) is -4.14. The number of anilines is 2. The van der Waals surface area contributed by atoms with E-state index in [0.717, 1.165) is 11.6 Å². The first-order valence-electron chi connectivity index (χ1n) is 8.44. The monoisotopic (exact) mass is 414 g/mol. The predicted octanol–water partition coefficient (Wildman–Crippen LogP) is 4.28. The van der Waals surface area contributed by atoms with Gasteiger partial charge in [0.1, 0.15) is 4.90 Å². The van der Waals surface area contributed by atoms with Crippen LogP contribution in [-0.4, -0.2) is 27.1 Å². The van der Waals surface area contributed by atoms with E-state index in [4.69, 9.17) is 0 Å². The Kier molecular flexibility index (Phi) is 6.38. The van der Waals surface area contributed by atoms with Gasteiger partial charge in [0.25, 0.3) is 0 Å². The van der Waals surface area contributed by atoms with Crippen LogP contribution in [0.5, 0.6) is 0 Å². The van der Waals surface area contributed by atoms with Crippen molar-refractivity contribution in [2.24, 2.45) is 0 Å². The van der Waals surface area contributed by atoms with Gasteiger partial charge in [0.05, 0.1) is 17.8 Å². The zero-order valence-corrected chi connectivity index (χ0v) is 16.4. The maximum atomic E-state index is 13.2.